The van der Waals surface area contributed by atoms with Crippen LogP contribution in [0.25, 0.3) is 0 Å². The van der Waals surface area contributed by atoms with Gasteiger partial charge in [-0.3, -0.25) is 14.9 Å². The molecule has 130 valence electrons. The molecule has 1 aliphatic heterocycles. The Bertz CT molecular complexity index is 609. The second-order valence-corrected chi connectivity index (χ2v) is 6.33. The maximum absolute atomic E-state index is 12.4. The molecule has 1 heterocycles. The summed E-state index contributed by atoms with van der Waals surface area (Å²) in [5.41, 5.74) is 0.905. The third-order valence-corrected chi connectivity index (χ3v) is 3.72. The molecule has 1 aromatic rings. The van der Waals surface area contributed by atoms with Crippen LogP contribution in [-0.2, 0) is 20.8 Å². The van der Waals surface area contributed by atoms with Gasteiger partial charge in [-0.2, -0.15) is 0 Å². The van der Waals surface area contributed by atoms with E-state index in [1.165, 1.54) is 0 Å². The minimum absolute atomic E-state index is 0. The zero-order valence-corrected chi connectivity index (χ0v) is 16.7. The van der Waals surface area contributed by atoms with Crippen molar-refractivity contribution < 1.29 is 49.0 Å². The first-order valence-corrected chi connectivity index (χ1v) is 7.97. The number of nitrogens with one attached hydrogen (secondary N) is 3. The molecule has 1 fully saturated rings. The van der Waals surface area contributed by atoms with Crippen LogP contribution < -0.4 is 50.6 Å². The van der Waals surface area contributed by atoms with E-state index in [9.17, 15) is 19.5 Å². The van der Waals surface area contributed by atoms with Crippen LogP contribution in [0, 0.1) is 5.92 Å². The van der Waals surface area contributed by atoms with Gasteiger partial charge in [-0.15, -0.1) is 0 Å². The molecule has 0 spiro atoms. The van der Waals surface area contributed by atoms with Gasteiger partial charge in [0.05, 0.1) is 12.0 Å². The number of benzene rings is 1. The van der Waals surface area contributed by atoms with Gasteiger partial charge in [0.15, 0.2) is 0 Å². The van der Waals surface area contributed by atoms with Crippen molar-refractivity contribution in [3.63, 3.8) is 0 Å². The number of hydrogen-bond acceptors (Lipinski definition) is 5. The first-order chi connectivity index (χ1) is 11.4. The molecule has 0 unspecified atom stereocenters. The molecule has 3 atom stereocenters. The summed E-state index contributed by atoms with van der Waals surface area (Å²) in [6.45, 7) is 4.45. The summed E-state index contributed by atoms with van der Waals surface area (Å²) in [4.78, 5) is 35.2. The van der Waals surface area contributed by atoms with Crippen LogP contribution in [0.3, 0.4) is 0 Å². The molecule has 25 heavy (non-hydrogen) atoms. The van der Waals surface area contributed by atoms with E-state index in [4.69, 9.17) is 0 Å². The average molecular weight is 355 g/mol. The van der Waals surface area contributed by atoms with Gasteiger partial charge in [0, 0.05) is 13.0 Å². The minimum atomic E-state index is -1.32. The molecule has 7 nitrogen and oxygen atoms in total. The molecule has 1 aromatic carbocycles. The zero-order chi connectivity index (χ0) is 17.7. The van der Waals surface area contributed by atoms with Gasteiger partial charge in [-0.25, -0.2) is 0 Å². The van der Waals surface area contributed by atoms with Crippen LogP contribution in [-0.4, -0.2) is 42.5 Å². The number of aliphatic carboxylic acids is 1. The van der Waals surface area contributed by atoms with E-state index in [1.54, 1.807) is 0 Å². The van der Waals surface area contributed by atoms with Crippen molar-refractivity contribution in [1.29, 1.82) is 0 Å². The molecule has 1 aliphatic rings. The van der Waals surface area contributed by atoms with E-state index in [2.05, 4.69) is 16.0 Å². The van der Waals surface area contributed by atoms with E-state index in [-0.39, 0.29) is 41.4 Å². The number of carbonyl (C=O) groups excluding carboxylic acids is 3. The summed E-state index contributed by atoms with van der Waals surface area (Å²) < 4.78 is 0. The van der Waals surface area contributed by atoms with Crippen molar-refractivity contribution in [3.05, 3.63) is 35.9 Å². The van der Waals surface area contributed by atoms with E-state index in [0.29, 0.717) is 13.0 Å². The first kappa shape index (κ1) is 21.6. The van der Waals surface area contributed by atoms with Gasteiger partial charge in [-0.05, 0) is 11.5 Å². The fourth-order valence-electron chi connectivity index (χ4n) is 2.32. The quantitative estimate of drug-likeness (QED) is 0.321. The van der Waals surface area contributed by atoms with Gasteiger partial charge < -0.3 is 20.5 Å². The molecule has 0 bridgehead atoms. The first-order valence-electron chi connectivity index (χ1n) is 7.97. The van der Waals surface area contributed by atoms with Crippen molar-refractivity contribution in [1.82, 2.24) is 16.0 Å². The van der Waals surface area contributed by atoms with Gasteiger partial charge in [0.1, 0.15) is 12.1 Å². The molecule has 2 amide bonds. The summed E-state index contributed by atoms with van der Waals surface area (Å²) in [6.07, 6.45) is 0.333. The van der Waals surface area contributed by atoms with Crippen LogP contribution in [0.15, 0.2) is 30.3 Å². The summed E-state index contributed by atoms with van der Waals surface area (Å²) in [5.74, 6) is -1.83. The number of hydrogen-bond donors (Lipinski definition) is 3. The standard InChI is InChI=1S/C17H23N3O4.Na/c1-10(2)9-18-15(21)12(8-11-6-4-3-5-7-11)19-16(22)13-14(20-13)17(23)24;/h3-7,10,12-14,20H,8-9H2,1-2H3,(H,18,21)(H,19,22)(H,23,24);/q;+1/p-1/t12-,13-,14-;/m0./s1. The van der Waals surface area contributed by atoms with E-state index in [0.717, 1.165) is 5.56 Å². The summed E-state index contributed by atoms with van der Waals surface area (Å²) in [6, 6.07) is 6.73. The Morgan fingerprint density at radius 3 is 2.32 bits per heavy atom. The Morgan fingerprint density at radius 1 is 1.16 bits per heavy atom. The van der Waals surface area contributed by atoms with Crippen LogP contribution in [0.5, 0.6) is 0 Å². The maximum atomic E-state index is 12.4. The largest absolute Gasteiger partial charge is 1.00 e. The van der Waals surface area contributed by atoms with Crippen molar-refractivity contribution in [2.24, 2.45) is 5.92 Å². The predicted molar refractivity (Wildman–Crippen MR) is 85.6 cm³/mol. The Kier molecular flexibility index (Phi) is 8.58. The number of carboxylic acids is 1. The van der Waals surface area contributed by atoms with Gasteiger partial charge in [0.25, 0.3) is 0 Å². The summed E-state index contributed by atoms with van der Waals surface area (Å²) in [5, 5.41) is 18.7. The monoisotopic (exact) mass is 355 g/mol. The maximum Gasteiger partial charge on any atom is 1.00 e. The molecular weight excluding hydrogens is 333 g/mol. The Hall–Kier alpha value is -1.41. The average Bonchev–Trinajstić information content (AvgIpc) is 3.33. The fraction of sp³-hybridized carbons (Fsp3) is 0.471. The third kappa shape index (κ3) is 6.78. The van der Waals surface area contributed by atoms with Gasteiger partial charge in [-0.1, -0.05) is 44.2 Å². The van der Waals surface area contributed by atoms with Crippen LogP contribution in [0.1, 0.15) is 19.4 Å². The van der Waals surface area contributed by atoms with Crippen molar-refractivity contribution in [3.8, 4) is 0 Å². The topological polar surface area (TPSA) is 120 Å². The zero-order valence-electron chi connectivity index (χ0n) is 14.7. The Balaban J connectivity index is 0.00000312. The second kappa shape index (κ2) is 9.91. The molecular formula is C17H22N3NaO4. The number of rotatable bonds is 8. The molecule has 8 heteroatoms. The number of carbonyl (C=O) groups is 3. The summed E-state index contributed by atoms with van der Waals surface area (Å²) in [7, 11) is 0. The molecule has 0 saturated carbocycles. The summed E-state index contributed by atoms with van der Waals surface area (Å²) >= 11 is 0. The second-order valence-electron chi connectivity index (χ2n) is 6.33. The minimum Gasteiger partial charge on any atom is -0.548 e. The van der Waals surface area contributed by atoms with Crippen LogP contribution >= 0.6 is 0 Å². The normalized spacial score (nSPS) is 19.5. The SMILES string of the molecule is CC(C)CNC(=O)[C@H](Cc1ccccc1)NC(=O)[C@H]1N[C@@H]1C(=O)[O-].[Na+]. The van der Waals surface area contributed by atoms with E-state index < -0.39 is 30.0 Å². The Labute approximate surface area is 169 Å². The Morgan fingerprint density at radius 2 is 1.80 bits per heavy atom. The van der Waals surface area contributed by atoms with Crippen LogP contribution in [0.2, 0.25) is 0 Å². The predicted octanol–water partition coefficient (Wildman–Crippen LogP) is -4.42. The fourth-order valence-corrected chi connectivity index (χ4v) is 2.32. The number of amides is 2. The molecule has 0 aliphatic carbocycles. The molecule has 0 aromatic heterocycles. The number of carboxylic acid groups (broad SMARTS) is 1. The van der Waals surface area contributed by atoms with Crippen molar-refractivity contribution in [2.75, 3.05) is 6.54 Å². The molecule has 1 saturated heterocycles. The molecule has 2 rings (SSSR count). The van der Waals surface area contributed by atoms with Crippen LogP contribution in [0.4, 0.5) is 0 Å². The van der Waals surface area contributed by atoms with Crippen molar-refractivity contribution in [2.45, 2.75) is 38.4 Å². The van der Waals surface area contributed by atoms with E-state index in [1.807, 2.05) is 44.2 Å². The van der Waals surface area contributed by atoms with Gasteiger partial charge in [0.2, 0.25) is 11.8 Å². The third-order valence-electron chi connectivity index (χ3n) is 3.72. The molecule has 3 N–H and O–H groups in total. The van der Waals surface area contributed by atoms with Crippen molar-refractivity contribution >= 4 is 17.8 Å². The van der Waals surface area contributed by atoms with E-state index >= 15 is 0 Å². The van der Waals surface area contributed by atoms with Gasteiger partial charge >= 0.3 is 29.6 Å². The molecule has 0 radical (unpaired) electrons. The smallest absolute Gasteiger partial charge is 0.548 e.